The van der Waals surface area contributed by atoms with Crippen LogP contribution in [-0.2, 0) is 11.3 Å². The first-order valence-corrected chi connectivity index (χ1v) is 4.96. The number of carbonyl (C=O) groups is 1. The van der Waals surface area contributed by atoms with E-state index in [4.69, 9.17) is 0 Å². The molecule has 0 aliphatic carbocycles. The number of amides is 1. The lowest BCUT2D eigenvalue weighted by Crippen LogP contribution is -2.36. The first-order valence-electron chi connectivity index (χ1n) is 4.96. The van der Waals surface area contributed by atoms with Gasteiger partial charge in [-0.2, -0.15) is 13.2 Å². The van der Waals surface area contributed by atoms with Crippen LogP contribution in [0.1, 0.15) is 18.7 Å². The second kappa shape index (κ2) is 5.22. The molecule has 96 valence electrons. The normalized spacial score (nSPS) is 13.5. The number of hydrogen-bond acceptors (Lipinski definition) is 2. The van der Waals surface area contributed by atoms with Crippen LogP contribution in [-0.4, -0.2) is 28.3 Å². The third-order valence-electron chi connectivity index (χ3n) is 2.09. The predicted molar refractivity (Wildman–Crippen MR) is 54.1 cm³/mol. The Labute approximate surface area is 96.0 Å². The van der Waals surface area contributed by atoms with Crippen molar-refractivity contribution in [2.45, 2.75) is 25.7 Å². The number of carbonyl (C=O) groups excluding carboxylic acids is 1. The van der Waals surface area contributed by atoms with Gasteiger partial charge in [-0.1, -0.05) is 0 Å². The first-order chi connectivity index (χ1) is 7.79. The molecule has 0 spiro atoms. The number of aliphatic hydroxyl groups is 1. The summed E-state index contributed by atoms with van der Waals surface area (Å²) in [4.78, 5) is 11.2. The van der Waals surface area contributed by atoms with E-state index >= 15 is 0 Å². The third-order valence-corrected chi connectivity index (χ3v) is 2.09. The molecule has 1 unspecified atom stereocenters. The predicted octanol–water partition coefficient (Wildman–Crippen LogP) is 1.22. The van der Waals surface area contributed by atoms with Crippen molar-refractivity contribution in [3.63, 3.8) is 0 Å². The number of halogens is 3. The van der Waals surface area contributed by atoms with Crippen LogP contribution in [0.4, 0.5) is 13.2 Å². The molecule has 0 radical (unpaired) electrons. The second-order valence-electron chi connectivity index (χ2n) is 3.63. The number of rotatable bonds is 4. The number of nitrogens with zero attached hydrogens (tertiary/aromatic N) is 1. The molecule has 0 saturated heterocycles. The standard InChI is InChI=1S/C10H13F3N2O2/c1-7(16)8-3-2-4-15(8)5-9(17)14-6-10(11,12)13/h2-4,7,16H,5-6H2,1H3,(H,14,17). The molecule has 0 saturated carbocycles. The van der Waals surface area contributed by atoms with Crippen molar-refractivity contribution < 1.29 is 23.1 Å². The van der Waals surface area contributed by atoms with Gasteiger partial charge in [0, 0.05) is 11.9 Å². The lowest BCUT2D eigenvalue weighted by atomic mass is 10.3. The van der Waals surface area contributed by atoms with Crippen molar-refractivity contribution in [2.24, 2.45) is 0 Å². The van der Waals surface area contributed by atoms with Crippen molar-refractivity contribution in [2.75, 3.05) is 6.54 Å². The summed E-state index contributed by atoms with van der Waals surface area (Å²) in [6.07, 6.45) is -3.67. The smallest absolute Gasteiger partial charge is 0.387 e. The van der Waals surface area contributed by atoms with Crippen LogP contribution in [0, 0.1) is 0 Å². The van der Waals surface area contributed by atoms with Gasteiger partial charge in [0.25, 0.3) is 0 Å². The fourth-order valence-electron chi connectivity index (χ4n) is 1.36. The van der Waals surface area contributed by atoms with Crippen molar-refractivity contribution in [1.29, 1.82) is 0 Å². The van der Waals surface area contributed by atoms with Crippen LogP contribution in [0.2, 0.25) is 0 Å². The lowest BCUT2D eigenvalue weighted by Gasteiger charge is -2.12. The van der Waals surface area contributed by atoms with Gasteiger partial charge in [-0.05, 0) is 19.1 Å². The third kappa shape index (κ3) is 4.48. The largest absolute Gasteiger partial charge is 0.405 e. The van der Waals surface area contributed by atoms with E-state index in [1.165, 1.54) is 17.7 Å². The van der Waals surface area contributed by atoms with Crippen LogP contribution < -0.4 is 5.32 Å². The maximum absolute atomic E-state index is 11.8. The summed E-state index contributed by atoms with van der Waals surface area (Å²) < 4.78 is 36.9. The van der Waals surface area contributed by atoms with Gasteiger partial charge in [-0.25, -0.2) is 0 Å². The Balaban J connectivity index is 2.54. The molecule has 1 atom stereocenters. The molecule has 1 rings (SSSR count). The SMILES string of the molecule is CC(O)c1cccn1CC(=O)NCC(F)(F)F. The summed E-state index contributed by atoms with van der Waals surface area (Å²) in [5.41, 5.74) is 0.479. The molecule has 2 N–H and O–H groups in total. The minimum Gasteiger partial charge on any atom is -0.387 e. The Bertz CT molecular complexity index is 385. The van der Waals surface area contributed by atoms with Crippen LogP contribution in [0.3, 0.4) is 0 Å². The average molecular weight is 250 g/mol. The minimum atomic E-state index is -4.42. The Kier molecular flexibility index (Phi) is 4.17. The first kappa shape index (κ1) is 13.6. The molecule has 0 bridgehead atoms. The topological polar surface area (TPSA) is 54.3 Å². The molecule has 0 aliphatic rings. The zero-order valence-electron chi connectivity index (χ0n) is 9.16. The summed E-state index contributed by atoms with van der Waals surface area (Å²) in [6, 6.07) is 3.21. The molecule has 1 aromatic heterocycles. The molecular weight excluding hydrogens is 237 g/mol. The zero-order chi connectivity index (χ0) is 13.1. The number of aliphatic hydroxyl groups excluding tert-OH is 1. The lowest BCUT2D eigenvalue weighted by molar-refractivity contribution is -0.138. The molecule has 1 amide bonds. The molecule has 0 aliphatic heterocycles. The van der Waals surface area contributed by atoms with Crippen molar-refractivity contribution in [3.05, 3.63) is 24.0 Å². The average Bonchev–Trinajstić information content (AvgIpc) is 2.62. The van der Waals surface area contributed by atoms with E-state index < -0.39 is 24.7 Å². The Morgan fingerprint density at radius 2 is 2.24 bits per heavy atom. The Morgan fingerprint density at radius 3 is 2.76 bits per heavy atom. The van der Waals surface area contributed by atoms with Gasteiger partial charge in [0.05, 0.1) is 6.10 Å². The summed E-state index contributed by atoms with van der Waals surface area (Å²) in [7, 11) is 0. The molecule has 0 fully saturated rings. The quantitative estimate of drug-likeness (QED) is 0.844. The van der Waals surface area contributed by atoms with Gasteiger partial charge in [0.2, 0.25) is 5.91 Å². The maximum atomic E-state index is 11.8. The van der Waals surface area contributed by atoms with Gasteiger partial charge < -0.3 is 15.0 Å². The number of hydrogen-bond donors (Lipinski definition) is 2. The van der Waals surface area contributed by atoms with Crippen LogP contribution in [0.5, 0.6) is 0 Å². The second-order valence-corrected chi connectivity index (χ2v) is 3.63. The van der Waals surface area contributed by atoms with Crippen molar-refractivity contribution in [3.8, 4) is 0 Å². The van der Waals surface area contributed by atoms with E-state index in [-0.39, 0.29) is 6.54 Å². The van der Waals surface area contributed by atoms with Gasteiger partial charge in [0.1, 0.15) is 13.1 Å². The fraction of sp³-hybridized carbons (Fsp3) is 0.500. The molecule has 1 aromatic rings. The minimum absolute atomic E-state index is 0.247. The summed E-state index contributed by atoms with van der Waals surface area (Å²) in [5, 5.41) is 11.1. The highest BCUT2D eigenvalue weighted by atomic mass is 19.4. The molecule has 4 nitrogen and oxygen atoms in total. The molecule has 0 aromatic carbocycles. The van der Waals surface area contributed by atoms with Crippen molar-refractivity contribution >= 4 is 5.91 Å². The Morgan fingerprint density at radius 1 is 1.59 bits per heavy atom. The molecule has 17 heavy (non-hydrogen) atoms. The number of aromatic nitrogens is 1. The van der Waals surface area contributed by atoms with Crippen LogP contribution in [0.25, 0.3) is 0 Å². The highest BCUT2D eigenvalue weighted by molar-refractivity contribution is 5.75. The zero-order valence-corrected chi connectivity index (χ0v) is 9.16. The van der Waals surface area contributed by atoms with Crippen LogP contribution >= 0.6 is 0 Å². The van der Waals surface area contributed by atoms with Crippen molar-refractivity contribution in [1.82, 2.24) is 9.88 Å². The number of alkyl halides is 3. The van der Waals surface area contributed by atoms with E-state index in [1.807, 2.05) is 0 Å². The van der Waals surface area contributed by atoms with E-state index in [0.29, 0.717) is 5.69 Å². The van der Waals surface area contributed by atoms with Crippen LogP contribution in [0.15, 0.2) is 18.3 Å². The van der Waals surface area contributed by atoms with E-state index in [9.17, 15) is 23.1 Å². The van der Waals surface area contributed by atoms with E-state index in [2.05, 4.69) is 0 Å². The number of nitrogens with one attached hydrogen (secondary N) is 1. The highest BCUT2D eigenvalue weighted by Crippen LogP contribution is 2.13. The highest BCUT2D eigenvalue weighted by Gasteiger charge is 2.27. The monoisotopic (exact) mass is 250 g/mol. The summed E-state index contributed by atoms with van der Waals surface area (Å²) in [6.45, 7) is -0.0835. The van der Waals surface area contributed by atoms with E-state index in [0.717, 1.165) is 0 Å². The summed E-state index contributed by atoms with van der Waals surface area (Å²) in [5.74, 6) is -0.750. The maximum Gasteiger partial charge on any atom is 0.405 e. The molecular formula is C10H13F3N2O2. The van der Waals surface area contributed by atoms with Gasteiger partial charge in [-0.15, -0.1) is 0 Å². The fourth-order valence-corrected chi connectivity index (χ4v) is 1.36. The molecule has 7 heteroatoms. The van der Waals surface area contributed by atoms with Gasteiger partial charge >= 0.3 is 6.18 Å². The van der Waals surface area contributed by atoms with Gasteiger partial charge in [-0.3, -0.25) is 4.79 Å². The Hall–Kier alpha value is -1.50. The van der Waals surface area contributed by atoms with E-state index in [1.54, 1.807) is 17.4 Å². The molecule has 1 heterocycles. The van der Waals surface area contributed by atoms with Gasteiger partial charge in [0.15, 0.2) is 0 Å². The summed E-state index contributed by atoms with van der Waals surface area (Å²) >= 11 is 0.